The van der Waals surface area contributed by atoms with E-state index in [2.05, 4.69) is 4.72 Å². The maximum atomic E-state index is 11.9. The van der Waals surface area contributed by atoms with Crippen LogP contribution in [0.5, 0.6) is 0 Å². The molecular formula is C15H20N2O6S. The van der Waals surface area contributed by atoms with Crippen molar-refractivity contribution in [2.45, 2.75) is 11.8 Å². The summed E-state index contributed by atoms with van der Waals surface area (Å²) in [7, 11) is -3.57. The Morgan fingerprint density at radius 3 is 2.42 bits per heavy atom. The lowest BCUT2D eigenvalue weighted by Crippen LogP contribution is -2.42. The quantitative estimate of drug-likeness (QED) is 0.720. The second kappa shape index (κ2) is 8.22. The first kappa shape index (κ1) is 18.4. The second-order valence-electron chi connectivity index (χ2n) is 5.09. The molecule has 0 radical (unpaired) electrons. The van der Waals surface area contributed by atoms with Crippen molar-refractivity contribution in [3.8, 4) is 0 Å². The highest BCUT2D eigenvalue weighted by molar-refractivity contribution is 7.89. The number of hydrogen-bond donors (Lipinski definition) is 1. The van der Waals surface area contributed by atoms with Crippen LogP contribution in [0.3, 0.4) is 0 Å². The Balaban J connectivity index is 1.91. The Kier molecular flexibility index (Phi) is 6.29. The van der Waals surface area contributed by atoms with Gasteiger partial charge in [0.2, 0.25) is 10.0 Å². The zero-order valence-electron chi connectivity index (χ0n) is 13.4. The maximum absolute atomic E-state index is 11.9. The Morgan fingerprint density at radius 1 is 1.21 bits per heavy atom. The number of benzene rings is 1. The van der Waals surface area contributed by atoms with Crippen LogP contribution in [0.2, 0.25) is 0 Å². The zero-order chi connectivity index (χ0) is 17.6. The van der Waals surface area contributed by atoms with Crippen LogP contribution in [-0.4, -0.2) is 64.6 Å². The van der Waals surface area contributed by atoms with Gasteiger partial charge >= 0.3 is 5.97 Å². The van der Waals surface area contributed by atoms with E-state index in [-0.39, 0.29) is 29.5 Å². The van der Waals surface area contributed by atoms with Crippen LogP contribution in [0, 0.1) is 0 Å². The highest BCUT2D eigenvalue weighted by Gasteiger charge is 2.19. The van der Waals surface area contributed by atoms with Gasteiger partial charge in [0.15, 0.2) is 6.61 Å². The van der Waals surface area contributed by atoms with Gasteiger partial charge < -0.3 is 14.4 Å². The third-order valence-corrected chi connectivity index (χ3v) is 4.99. The minimum Gasteiger partial charge on any atom is -0.452 e. The van der Waals surface area contributed by atoms with Gasteiger partial charge in [-0.2, -0.15) is 0 Å². The molecule has 1 N–H and O–H groups in total. The molecule has 1 aromatic rings. The molecular weight excluding hydrogens is 336 g/mol. The summed E-state index contributed by atoms with van der Waals surface area (Å²) in [6.45, 7) is 3.50. The van der Waals surface area contributed by atoms with E-state index in [0.717, 1.165) is 0 Å². The number of esters is 1. The summed E-state index contributed by atoms with van der Waals surface area (Å²) in [5.74, 6) is -0.956. The van der Waals surface area contributed by atoms with Crippen LogP contribution in [-0.2, 0) is 24.3 Å². The molecule has 0 saturated carbocycles. The minimum absolute atomic E-state index is 0.0605. The van der Waals surface area contributed by atoms with Gasteiger partial charge in [-0.25, -0.2) is 17.9 Å². The molecule has 0 aliphatic carbocycles. The topological polar surface area (TPSA) is 102 Å². The number of nitrogens with one attached hydrogen (secondary N) is 1. The number of hydrogen-bond acceptors (Lipinski definition) is 6. The fourth-order valence-corrected chi connectivity index (χ4v) is 3.20. The minimum atomic E-state index is -3.57. The van der Waals surface area contributed by atoms with Crippen molar-refractivity contribution in [3.05, 3.63) is 29.8 Å². The van der Waals surface area contributed by atoms with E-state index in [1.807, 2.05) is 0 Å². The molecule has 1 fully saturated rings. The second-order valence-corrected chi connectivity index (χ2v) is 6.86. The fraction of sp³-hybridized carbons (Fsp3) is 0.467. The number of sulfonamides is 1. The summed E-state index contributed by atoms with van der Waals surface area (Å²) in [5, 5.41) is 0. The lowest BCUT2D eigenvalue weighted by atomic mass is 10.2. The van der Waals surface area contributed by atoms with Gasteiger partial charge in [-0.05, 0) is 24.3 Å². The number of amides is 1. The molecule has 0 atom stereocenters. The first-order valence-electron chi connectivity index (χ1n) is 7.56. The van der Waals surface area contributed by atoms with Crippen molar-refractivity contribution >= 4 is 21.9 Å². The summed E-state index contributed by atoms with van der Waals surface area (Å²) in [6.07, 6.45) is 0. The van der Waals surface area contributed by atoms with Gasteiger partial charge in [0.25, 0.3) is 5.91 Å². The molecule has 1 aromatic carbocycles. The number of carbonyl (C=O) groups excluding carboxylic acids is 2. The van der Waals surface area contributed by atoms with Gasteiger partial charge in [-0.1, -0.05) is 6.92 Å². The zero-order valence-corrected chi connectivity index (χ0v) is 14.2. The third-order valence-electron chi connectivity index (χ3n) is 3.43. The van der Waals surface area contributed by atoms with Gasteiger partial charge in [0.1, 0.15) is 0 Å². The van der Waals surface area contributed by atoms with Crippen LogP contribution >= 0.6 is 0 Å². The number of carbonyl (C=O) groups is 2. The predicted molar refractivity (Wildman–Crippen MR) is 85.0 cm³/mol. The predicted octanol–water partition coefficient (Wildman–Crippen LogP) is 0.000400. The lowest BCUT2D eigenvalue weighted by molar-refractivity contribution is -0.138. The molecule has 0 unspecified atom stereocenters. The molecule has 1 aliphatic heterocycles. The molecule has 1 saturated heterocycles. The molecule has 2 rings (SSSR count). The van der Waals surface area contributed by atoms with E-state index in [9.17, 15) is 18.0 Å². The SMILES string of the molecule is CCNS(=O)(=O)c1ccc(C(=O)OCC(=O)N2CCOCC2)cc1. The highest BCUT2D eigenvalue weighted by Crippen LogP contribution is 2.11. The lowest BCUT2D eigenvalue weighted by Gasteiger charge is -2.26. The number of ether oxygens (including phenoxy) is 2. The van der Waals surface area contributed by atoms with E-state index in [1.165, 1.54) is 24.3 Å². The normalized spacial score (nSPS) is 15.1. The van der Waals surface area contributed by atoms with E-state index in [1.54, 1.807) is 11.8 Å². The Morgan fingerprint density at radius 2 is 1.83 bits per heavy atom. The molecule has 1 heterocycles. The van der Waals surface area contributed by atoms with Crippen LogP contribution < -0.4 is 4.72 Å². The Labute approximate surface area is 140 Å². The van der Waals surface area contributed by atoms with E-state index < -0.39 is 16.0 Å². The van der Waals surface area contributed by atoms with Crippen LogP contribution in [0.1, 0.15) is 17.3 Å². The van der Waals surface area contributed by atoms with Gasteiger partial charge in [-0.3, -0.25) is 4.79 Å². The Hall–Kier alpha value is -1.97. The van der Waals surface area contributed by atoms with Crippen LogP contribution in [0.25, 0.3) is 0 Å². The first-order chi connectivity index (χ1) is 11.4. The number of nitrogens with zero attached hydrogens (tertiary/aromatic N) is 1. The Bertz CT molecular complexity index is 680. The molecule has 1 aliphatic rings. The van der Waals surface area contributed by atoms with Gasteiger partial charge in [0, 0.05) is 19.6 Å². The van der Waals surface area contributed by atoms with E-state index in [4.69, 9.17) is 9.47 Å². The molecule has 0 bridgehead atoms. The van der Waals surface area contributed by atoms with E-state index in [0.29, 0.717) is 26.3 Å². The molecule has 132 valence electrons. The molecule has 0 aromatic heterocycles. The summed E-state index contributed by atoms with van der Waals surface area (Å²) < 4.78 is 36.1. The van der Waals surface area contributed by atoms with Crippen molar-refractivity contribution in [1.29, 1.82) is 0 Å². The fourth-order valence-electron chi connectivity index (χ4n) is 2.16. The molecule has 0 spiro atoms. The maximum Gasteiger partial charge on any atom is 0.338 e. The van der Waals surface area contributed by atoms with Crippen molar-refractivity contribution in [3.63, 3.8) is 0 Å². The molecule has 1 amide bonds. The van der Waals surface area contributed by atoms with Crippen molar-refractivity contribution < 1.29 is 27.5 Å². The van der Waals surface area contributed by atoms with Crippen LogP contribution in [0.15, 0.2) is 29.2 Å². The highest BCUT2D eigenvalue weighted by atomic mass is 32.2. The average Bonchev–Trinajstić information content (AvgIpc) is 2.60. The molecule has 8 nitrogen and oxygen atoms in total. The van der Waals surface area contributed by atoms with Crippen molar-refractivity contribution in [2.24, 2.45) is 0 Å². The summed E-state index contributed by atoms with van der Waals surface area (Å²) >= 11 is 0. The third kappa shape index (κ3) is 4.76. The van der Waals surface area contributed by atoms with Gasteiger partial charge in [0.05, 0.1) is 23.7 Å². The smallest absolute Gasteiger partial charge is 0.338 e. The molecule has 9 heteroatoms. The van der Waals surface area contributed by atoms with Gasteiger partial charge in [-0.15, -0.1) is 0 Å². The number of rotatable bonds is 6. The summed E-state index contributed by atoms with van der Waals surface area (Å²) in [6, 6.07) is 5.34. The van der Waals surface area contributed by atoms with E-state index >= 15 is 0 Å². The number of morpholine rings is 1. The van der Waals surface area contributed by atoms with Crippen LogP contribution in [0.4, 0.5) is 0 Å². The first-order valence-corrected chi connectivity index (χ1v) is 9.04. The summed E-state index contributed by atoms with van der Waals surface area (Å²) in [4.78, 5) is 25.5. The average molecular weight is 356 g/mol. The monoisotopic (exact) mass is 356 g/mol. The van der Waals surface area contributed by atoms with Crippen molar-refractivity contribution in [1.82, 2.24) is 9.62 Å². The molecule has 24 heavy (non-hydrogen) atoms. The largest absolute Gasteiger partial charge is 0.452 e. The summed E-state index contributed by atoms with van der Waals surface area (Å²) in [5.41, 5.74) is 0.181. The van der Waals surface area contributed by atoms with Crippen molar-refractivity contribution in [2.75, 3.05) is 39.5 Å². The standard InChI is InChI=1S/C15H20N2O6S/c1-2-16-24(20,21)13-5-3-12(4-6-13)15(19)23-11-14(18)17-7-9-22-10-8-17/h3-6,16H,2,7-11H2,1H3.